The van der Waals surface area contributed by atoms with E-state index >= 15 is 0 Å². The highest BCUT2D eigenvalue weighted by Crippen LogP contribution is 2.16. The number of unbranched alkanes of at least 4 members (excludes halogenated alkanes) is 22. The number of ketones is 2. The Hall–Kier alpha value is -1.22. The van der Waals surface area contributed by atoms with E-state index in [9.17, 15) is 9.59 Å². The number of rotatable bonds is 33. The molecule has 0 aliphatic carbocycles. The zero-order valence-corrected chi connectivity index (χ0v) is 31.7. The Labute approximate surface area is 283 Å². The molecule has 45 heavy (non-hydrogen) atoms. The van der Waals surface area contributed by atoms with Crippen molar-refractivity contribution in [3.05, 3.63) is 24.3 Å². The van der Waals surface area contributed by atoms with Crippen LogP contribution in [0.4, 0.5) is 0 Å². The van der Waals surface area contributed by atoms with E-state index in [1.807, 2.05) is 33.0 Å². The van der Waals surface area contributed by atoms with Crippen LogP contribution in [0.3, 0.4) is 0 Å². The van der Waals surface area contributed by atoms with Crippen LogP contribution in [0.15, 0.2) is 24.3 Å². The Bertz CT molecular complexity index is 663. The van der Waals surface area contributed by atoms with Gasteiger partial charge in [0.15, 0.2) is 0 Å². The van der Waals surface area contributed by atoms with Crippen molar-refractivity contribution in [2.24, 2.45) is 5.92 Å². The topological polar surface area (TPSA) is 37.4 Å². The van der Waals surface area contributed by atoms with E-state index in [2.05, 4.69) is 38.2 Å². The molecule has 0 heterocycles. The van der Waals surface area contributed by atoms with Gasteiger partial charge in [0, 0.05) is 25.2 Å². The minimum atomic E-state index is -0.0950. The molecule has 0 unspecified atom stereocenters. The molecule has 1 atom stereocenters. The standard InChI is InChI=1S/C39H72O2.C3H9N/c1-4-6-8-10-12-14-16-18-20-22-24-26-28-30-32-34-38(40)36-37(3)39(41)35-33-31-29-27-25-23-21-19-17-15-13-11-9-7-5-2;1-4(2)3/h18-21,37H,4-17,22-36H2,1-3H3;1-3H3/b20-18-,21-19-;/t37-;/m0./s1. The van der Waals surface area contributed by atoms with Crippen LogP contribution in [0, 0.1) is 5.92 Å². The fourth-order valence-corrected chi connectivity index (χ4v) is 5.57. The van der Waals surface area contributed by atoms with Crippen molar-refractivity contribution in [1.29, 1.82) is 0 Å². The lowest BCUT2D eigenvalue weighted by Crippen LogP contribution is -2.15. The first-order valence-electron chi connectivity index (χ1n) is 19.8. The third-order valence-corrected chi connectivity index (χ3v) is 8.49. The number of hydrogen-bond acceptors (Lipinski definition) is 3. The maximum atomic E-state index is 12.5. The largest absolute Gasteiger partial charge is 0.312 e. The predicted molar refractivity (Wildman–Crippen MR) is 202 cm³/mol. The van der Waals surface area contributed by atoms with Gasteiger partial charge in [0.1, 0.15) is 11.6 Å². The average Bonchev–Trinajstić information content (AvgIpc) is 3.00. The van der Waals surface area contributed by atoms with Gasteiger partial charge in [0.25, 0.3) is 0 Å². The molecule has 0 spiro atoms. The van der Waals surface area contributed by atoms with Gasteiger partial charge in [0.2, 0.25) is 0 Å². The number of carbonyl (C=O) groups excluding carboxylic acids is 2. The summed E-state index contributed by atoms with van der Waals surface area (Å²) in [6, 6.07) is 0. The number of hydrogen-bond donors (Lipinski definition) is 0. The SMILES string of the molecule is CCCCCCCC/C=C\CCCCCCCC(=O)C[C@H](C)C(=O)CCCCCCC/C=C\CCCCCCCC.CN(C)C. The number of nitrogens with zero attached hydrogens (tertiary/aromatic N) is 1. The highest BCUT2D eigenvalue weighted by Gasteiger charge is 2.16. The predicted octanol–water partition coefficient (Wildman–Crippen LogP) is 13.4. The molecule has 0 aromatic carbocycles. The van der Waals surface area contributed by atoms with Crippen molar-refractivity contribution in [3.63, 3.8) is 0 Å². The van der Waals surface area contributed by atoms with Gasteiger partial charge in [0.05, 0.1) is 0 Å². The molecule has 0 bridgehead atoms. The summed E-state index contributed by atoms with van der Waals surface area (Å²) in [5.41, 5.74) is 0. The van der Waals surface area contributed by atoms with Gasteiger partial charge in [-0.2, -0.15) is 0 Å². The maximum Gasteiger partial charge on any atom is 0.136 e. The Kier molecular flexibility index (Phi) is 39.7. The quantitative estimate of drug-likeness (QED) is 0.0534. The highest BCUT2D eigenvalue weighted by molar-refractivity contribution is 5.87. The second kappa shape index (κ2) is 39.0. The molecule has 0 amide bonds. The van der Waals surface area contributed by atoms with Gasteiger partial charge in [-0.05, 0) is 85.4 Å². The van der Waals surface area contributed by atoms with Gasteiger partial charge >= 0.3 is 0 Å². The summed E-state index contributed by atoms with van der Waals surface area (Å²) in [7, 11) is 6.00. The first kappa shape index (κ1) is 45.9. The van der Waals surface area contributed by atoms with Crippen LogP contribution in [0.25, 0.3) is 0 Å². The van der Waals surface area contributed by atoms with Crippen LogP contribution in [0.1, 0.15) is 207 Å². The molecule has 0 saturated heterocycles. The molecule has 0 aliphatic rings. The minimum Gasteiger partial charge on any atom is -0.312 e. The summed E-state index contributed by atoms with van der Waals surface area (Å²) in [6.45, 7) is 6.50. The third kappa shape index (κ3) is 42.8. The maximum absolute atomic E-state index is 12.5. The molecule has 3 nitrogen and oxygen atoms in total. The Morgan fingerprint density at radius 3 is 1.11 bits per heavy atom. The molecule has 3 heteroatoms. The lowest BCUT2D eigenvalue weighted by molar-refractivity contribution is -0.127. The summed E-state index contributed by atoms with van der Waals surface area (Å²) in [5, 5.41) is 0. The van der Waals surface area contributed by atoms with E-state index in [1.54, 1.807) is 0 Å². The molecule has 0 aromatic rings. The molecule has 0 radical (unpaired) electrons. The smallest absolute Gasteiger partial charge is 0.136 e. The second-order valence-electron chi connectivity index (χ2n) is 14.1. The summed E-state index contributed by atoms with van der Waals surface area (Å²) in [6.07, 6.45) is 44.4. The first-order valence-corrected chi connectivity index (χ1v) is 19.8. The molecule has 0 aromatic heterocycles. The van der Waals surface area contributed by atoms with Crippen LogP contribution in [0.5, 0.6) is 0 Å². The van der Waals surface area contributed by atoms with Gasteiger partial charge in [-0.25, -0.2) is 0 Å². The lowest BCUT2D eigenvalue weighted by Gasteiger charge is -2.10. The van der Waals surface area contributed by atoms with Gasteiger partial charge in [-0.3, -0.25) is 9.59 Å². The lowest BCUT2D eigenvalue weighted by atomic mass is 9.94. The third-order valence-electron chi connectivity index (χ3n) is 8.49. The Morgan fingerprint density at radius 1 is 0.467 bits per heavy atom. The van der Waals surface area contributed by atoms with Crippen molar-refractivity contribution in [2.75, 3.05) is 21.1 Å². The zero-order valence-electron chi connectivity index (χ0n) is 31.7. The Balaban J connectivity index is 0. The van der Waals surface area contributed by atoms with E-state index in [4.69, 9.17) is 0 Å². The Morgan fingerprint density at radius 2 is 0.756 bits per heavy atom. The molecule has 0 saturated carbocycles. The van der Waals surface area contributed by atoms with E-state index < -0.39 is 0 Å². The van der Waals surface area contributed by atoms with Crippen molar-refractivity contribution in [3.8, 4) is 0 Å². The van der Waals surface area contributed by atoms with Crippen LogP contribution in [-0.2, 0) is 9.59 Å². The van der Waals surface area contributed by atoms with Crippen molar-refractivity contribution in [2.45, 2.75) is 207 Å². The molecular weight excluding hydrogens is 550 g/mol. The summed E-state index contributed by atoms with van der Waals surface area (Å²) in [5.74, 6) is 0.482. The molecule has 266 valence electrons. The summed E-state index contributed by atoms with van der Waals surface area (Å²) in [4.78, 5) is 26.8. The van der Waals surface area contributed by atoms with Crippen LogP contribution < -0.4 is 0 Å². The fraction of sp³-hybridized carbons (Fsp3) is 0.857. The van der Waals surface area contributed by atoms with E-state index in [0.717, 1.165) is 25.7 Å². The van der Waals surface area contributed by atoms with Crippen molar-refractivity contribution in [1.82, 2.24) is 4.90 Å². The van der Waals surface area contributed by atoms with Crippen molar-refractivity contribution < 1.29 is 9.59 Å². The average molecular weight is 632 g/mol. The molecular formula is C42H81NO2. The summed E-state index contributed by atoms with van der Waals surface area (Å²) >= 11 is 0. The minimum absolute atomic E-state index is 0.0950. The fourth-order valence-electron chi connectivity index (χ4n) is 5.57. The molecule has 0 rings (SSSR count). The molecule has 0 aliphatic heterocycles. The monoisotopic (exact) mass is 632 g/mol. The zero-order chi connectivity index (χ0) is 33.6. The van der Waals surface area contributed by atoms with Gasteiger partial charge in [-0.1, -0.05) is 148 Å². The number of allylic oxidation sites excluding steroid dienone is 4. The first-order chi connectivity index (χ1) is 21.8. The molecule has 0 N–H and O–H groups in total. The van der Waals surface area contributed by atoms with E-state index in [0.29, 0.717) is 25.0 Å². The van der Waals surface area contributed by atoms with Gasteiger partial charge in [-0.15, -0.1) is 0 Å². The number of Topliss-reactive ketones (excluding diaryl/α,β-unsaturated/α-hetero) is 2. The van der Waals surface area contributed by atoms with Crippen LogP contribution >= 0.6 is 0 Å². The second-order valence-corrected chi connectivity index (χ2v) is 14.1. The summed E-state index contributed by atoms with van der Waals surface area (Å²) < 4.78 is 0. The van der Waals surface area contributed by atoms with Crippen molar-refractivity contribution >= 4 is 11.6 Å². The number of carbonyl (C=O) groups is 2. The highest BCUT2D eigenvalue weighted by atomic mass is 16.1. The normalized spacial score (nSPS) is 12.2. The van der Waals surface area contributed by atoms with E-state index in [-0.39, 0.29) is 11.7 Å². The van der Waals surface area contributed by atoms with E-state index in [1.165, 1.54) is 141 Å². The van der Waals surface area contributed by atoms with Gasteiger partial charge < -0.3 is 4.90 Å². The molecule has 0 fully saturated rings. The van der Waals surface area contributed by atoms with Crippen LogP contribution in [-0.4, -0.2) is 37.6 Å². The van der Waals surface area contributed by atoms with Crippen LogP contribution in [0.2, 0.25) is 0 Å².